The number of nitriles is 1. The lowest BCUT2D eigenvalue weighted by Crippen LogP contribution is -2.31. The summed E-state index contributed by atoms with van der Waals surface area (Å²) in [7, 11) is 1.61. The Hall–Kier alpha value is -4.41. The van der Waals surface area contributed by atoms with Crippen LogP contribution in [0, 0.1) is 25.2 Å². The lowest BCUT2D eigenvalue weighted by Gasteiger charge is -2.16. The van der Waals surface area contributed by atoms with E-state index in [1.165, 1.54) is 16.7 Å². The molecule has 2 heterocycles. The van der Waals surface area contributed by atoms with Crippen LogP contribution in [0.25, 0.3) is 22.4 Å². The number of anilines is 1. The fourth-order valence-electron chi connectivity index (χ4n) is 4.38. The Morgan fingerprint density at radius 2 is 1.53 bits per heavy atom. The number of carbonyl (C=O) groups is 2. The molecule has 6 nitrogen and oxygen atoms in total. The molecule has 1 fully saturated rings. The van der Waals surface area contributed by atoms with Gasteiger partial charge < -0.3 is 4.74 Å². The molecule has 1 aromatic heterocycles. The molecule has 0 bridgehead atoms. The van der Waals surface area contributed by atoms with Gasteiger partial charge in [0.1, 0.15) is 16.8 Å². The number of ether oxygens (including phenoxy) is 1. The summed E-state index contributed by atoms with van der Waals surface area (Å²) in [5, 5.41) is 9.95. The zero-order valence-electron chi connectivity index (χ0n) is 21.3. The SMILES string of the molecule is COc1ccc(-c2cc(-c3ccc(C)cc3)c(C#N)c(SC3CC(=O)N(c4ccc(C)cc4)C3=O)n2)cc1. The first-order valence-electron chi connectivity index (χ1n) is 12.1. The van der Waals surface area contributed by atoms with Crippen molar-refractivity contribution in [1.82, 2.24) is 4.98 Å². The number of imide groups is 1. The van der Waals surface area contributed by atoms with Gasteiger partial charge in [-0.05, 0) is 61.9 Å². The third kappa shape index (κ3) is 4.91. The van der Waals surface area contributed by atoms with Gasteiger partial charge >= 0.3 is 0 Å². The molecule has 0 saturated carbocycles. The van der Waals surface area contributed by atoms with E-state index in [9.17, 15) is 14.9 Å². The number of methoxy groups -OCH3 is 1. The van der Waals surface area contributed by atoms with Crippen LogP contribution in [-0.4, -0.2) is 29.2 Å². The Labute approximate surface area is 225 Å². The van der Waals surface area contributed by atoms with E-state index in [1.54, 1.807) is 19.2 Å². The van der Waals surface area contributed by atoms with Gasteiger partial charge in [0.15, 0.2) is 0 Å². The molecule has 0 N–H and O–H groups in total. The normalized spacial score (nSPS) is 15.0. The van der Waals surface area contributed by atoms with Crippen molar-refractivity contribution in [2.75, 3.05) is 12.0 Å². The van der Waals surface area contributed by atoms with E-state index in [2.05, 4.69) is 6.07 Å². The van der Waals surface area contributed by atoms with Crippen LogP contribution in [0.1, 0.15) is 23.1 Å². The predicted molar refractivity (Wildman–Crippen MR) is 149 cm³/mol. The van der Waals surface area contributed by atoms with Gasteiger partial charge in [-0.25, -0.2) is 9.88 Å². The quantitative estimate of drug-likeness (QED) is 0.277. The number of aromatic nitrogens is 1. The number of amides is 2. The van der Waals surface area contributed by atoms with E-state index in [0.717, 1.165) is 33.6 Å². The second kappa shape index (κ2) is 10.5. The summed E-state index contributed by atoms with van der Waals surface area (Å²) in [5.41, 5.74) is 6.19. The molecule has 1 saturated heterocycles. The predicted octanol–water partition coefficient (Wildman–Crippen LogP) is 6.34. The number of carbonyl (C=O) groups excluding carboxylic acids is 2. The Bertz CT molecular complexity index is 1560. The summed E-state index contributed by atoms with van der Waals surface area (Å²) < 4.78 is 5.29. The zero-order valence-corrected chi connectivity index (χ0v) is 22.1. The minimum Gasteiger partial charge on any atom is -0.497 e. The van der Waals surface area contributed by atoms with Crippen LogP contribution in [0.5, 0.6) is 5.75 Å². The Kier molecular flexibility index (Phi) is 6.99. The third-order valence-electron chi connectivity index (χ3n) is 6.50. The maximum absolute atomic E-state index is 13.4. The summed E-state index contributed by atoms with van der Waals surface area (Å²) in [6, 6.07) is 27.0. The highest BCUT2D eigenvalue weighted by Crippen LogP contribution is 2.39. The molecule has 1 aliphatic heterocycles. The maximum atomic E-state index is 13.4. The van der Waals surface area contributed by atoms with Crippen LogP contribution in [0.4, 0.5) is 5.69 Å². The van der Waals surface area contributed by atoms with Crippen molar-refractivity contribution in [3.63, 3.8) is 0 Å². The first-order valence-corrected chi connectivity index (χ1v) is 13.0. The number of hydrogen-bond acceptors (Lipinski definition) is 6. The standard InChI is InChI=1S/C31H25N3O3S/c1-19-4-8-21(9-5-19)25-16-27(22-10-14-24(37-3)15-11-22)33-30(26(25)18-32)38-28-17-29(35)34(31(28)36)23-12-6-20(2)7-13-23/h4-16,28H,17H2,1-3H3. The molecule has 0 aliphatic carbocycles. The second-order valence-electron chi connectivity index (χ2n) is 9.16. The van der Waals surface area contributed by atoms with E-state index in [4.69, 9.17) is 9.72 Å². The van der Waals surface area contributed by atoms with Gasteiger partial charge in [0.25, 0.3) is 0 Å². The molecule has 1 unspecified atom stereocenters. The summed E-state index contributed by atoms with van der Waals surface area (Å²) in [4.78, 5) is 32.3. The van der Waals surface area contributed by atoms with Crippen molar-refractivity contribution < 1.29 is 14.3 Å². The van der Waals surface area contributed by atoms with Gasteiger partial charge in [0.05, 0.1) is 29.3 Å². The van der Waals surface area contributed by atoms with Gasteiger partial charge in [-0.2, -0.15) is 5.26 Å². The number of nitrogens with zero attached hydrogens (tertiary/aromatic N) is 3. The van der Waals surface area contributed by atoms with Gasteiger partial charge in [-0.3, -0.25) is 9.59 Å². The van der Waals surface area contributed by atoms with E-state index in [1.807, 2.05) is 80.6 Å². The third-order valence-corrected chi connectivity index (χ3v) is 7.67. The first-order chi connectivity index (χ1) is 18.4. The molecular formula is C31H25N3O3S. The maximum Gasteiger partial charge on any atom is 0.247 e. The van der Waals surface area contributed by atoms with Crippen molar-refractivity contribution in [2.24, 2.45) is 0 Å². The van der Waals surface area contributed by atoms with Crippen molar-refractivity contribution in [3.05, 3.63) is 95.6 Å². The smallest absolute Gasteiger partial charge is 0.247 e. The number of aryl methyl sites for hydroxylation is 2. The highest BCUT2D eigenvalue weighted by Gasteiger charge is 2.41. The summed E-state index contributed by atoms with van der Waals surface area (Å²) in [5.74, 6) is 0.156. The molecule has 5 rings (SSSR count). The second-order valence-corrected chi connectivity index (χ2v) is 10.3. The molecule has 1 aliphatic rings. The Morgan fingerprint density at radius 1 is 0.921 bits per heavy atom. The summed E-state index contributed by atoms with van der Waals surface area (Å²) >= 11 is 1.17. The lowest BCUT2D eigenvalue weighted by molar-refractivity contribution is -0.121. The van der Waals surface area contributed by atoms with Gasteiger partial charge in [0.2, 0.25) is 11.8 Å². The van der Waals surface area contributed by atoms with Crippen LogP contribution in [0.15, 0.2) is 83.9 Å². The largest absolute Gasteiger partial charge is 0.497 e. The Balaban J connectivity index is 1.57. The topological polar surface area (TPSA) is 83.3 Å². The van der Waals surface area contributed by atoms with Gasteiger partial charge in [0, 0.05) is 17.5 Å². The minimum absolute atomic E-state index is 0.0382. The average molecular weight is 520 g/mol. The highest BCUT2D eigenvalue weighted by atomic mass is 32.2. The molecule has 188 valence electrons. The monoisotopic (exact) mass is 519 g/mol. The van der Waals surface area contributed by atoms with Crippen molar-refractivity contribution in [1.29, 1.82) is 5.26 Å². The fourth-order valence-corrected chi connectivity index (χ4v) is 5.51. The molecule has 4 aromatic rings. The fraction of sp³-hybridized carbons (Fsp3) is 0.161. The van der Waals surface area contributed by atoms with Crippen molar-refractivity contribution >= 4 is 29.3 Å². The zero-order chi connectivity index (χ0) is 26.8. The Morgan fingerprint density at radius 3 is 2.13 bits per heavy atom. The molecule has 3 aromatic carbocycles. The summed E-state index contributed by atoms with van der Waals surface area (Å²) in [6.07, 6.45) is 0.0382. The highest BCUT2D eigenvalue weighted by molar-refractivity contribution is 8.00. The lowest BCUT2D eigenvalue weighted by atomic mass is 9.98. The molecule has 2 amide bonds. The van der Waals surface area contributed by atoms with Crippen molar-refractivity contribution in [2.45, 2.75) is 30.5 Å². The van der Waals surface area contributed by atoms with Crippen molar-refractivity contribution in [3.8, 4) is 34.2 Å². The van der Waals surface area contributed by atoms with E-state index < -0.39 is 5.25 Å². The average Bonchev–Trinajstić information content (AvgIpc) is 3.21. The molecular weight excluding hydrogens is 494 g/mol. The number of pyridine rings is 1. The molecule has 7 heteroatoms. The van der Waals surface area contributed by atoms with Crippen LogP contribution in [-0.2, 0) is 9.59 Å². The summed E-state index contributed by atoms with van der Waals surface area (Å²) in [6.45, 7) is 3.96. The van der Waals surface area contributed by atoms with Crippen LogP contribution in [0.2, 0.25) is 0 Å². The number of rotatable bonds is 6. The van der Waals surface area contributed by atoms with E-state index in [0.29, 0.717) is 22.0 Å². The molecule has 0 radical (unpaired) electrons. The number of benzene rings is 3. The van der Waals surface area contributed by atoms with Gasteiger partial charge in [-0.1, -0.05) is 59.3 Å². The van der Waals surface area contributed by atoms with E-state index in [-0.39, 0.29) is 18.2 Å². The minimum atomic E-state index is -0.680. The first kappa shape index (κ1) is 25.2. The van der Waals surface area contributed by atoms with E-state index >= 15 is 0 Å². The molecule has 1 atom stereocenters. The van der Waals surface area contributed by atoms with Crippen LogP contribution < -0.4 is 9.64 Å². The molecule has 38 heavy (non-hydrogen) atoms. The van der Waals surface area contributed by atoms with Gasteiger partial charge in [-0.15, -0.1) is 0 Å². The van der Waals surface area contributed by atoms with Crippen LogP contribution >= 0.6 is 11.8 Å². The van der Waals surface area contributed by atoms with Crippen LogP contribution in [0.3, 0.4) is 0 Å². The molecule has 0 spiro atoms. The number of thioether (sulfide) groups is 1. The number of hydrogen-bond donors (Lipinski definition) is 0.